The summed E-state index contributed by atoms with van der Waals surface area (Å²) in [5, 5.41) is 10.00. The number of carbonyl (C=O) groups excluding carboxylic acids is 2. The largest absolute Gasteiger partial charge is 0.507 e. The molecule has 0 saturated carbocycles. The lowest BCUT2D eigenvalue weighted by atomic mass is 9.76. The van der Waals surface area contributed by atoms with Crippen LogP contribution in [-0.4, -0.2) is 24.0 Å². The number of esters is 1. The predicted molar refractivity (Wildman–Crippen MR) is 81.5 cm³/mol. The number of methoxy groups -OCH3 is 1. The normalized spacial score (nSPS) is 13.4. The summed E-state index contributed by atoms with van der Waals surface area (Å²) in [7, 11) is 1.22. The quantitative estimate of drug-likeness (QED) is 0.287. The number of carbonyl (C=O) groups is 2. The van der Waals surface area contributed by atoms with Gasteiger partial charge in [0.1, 0.15) is 11.7 Å². The number of hydrogen-bond acceptors (Lipinski definition) is 4. The maximum Gasteiger partial charge on any atom is 0.317 e. The lowest BCUT2D eigenvalue weighted by Gasteiger charge is -2.27. The topological polar surface area (TPSA) is 63.6 Å². The monoisotopic (exact) mass is 288 g/mol. The van der Waals surface area contributed by atoms with E-state index in [0.717, 1.165) is 6.08 Å². The maximum absolute atomic E-state index is 12.3. The number of ether oxygens (including phenoxy) is 1. The lowest BCUT2D eigenvalue weighted by molar-refractivity contribution is -0.151. The highest BCUT2D eigenvalue weighted by Crippen LogP contribution is 2.30. The van der Waals surface area contributed by atoms with E-state index < -0.39 is 23.1 Å². The van der Waals surface area contributed by atoms with E-state index in [1.54, 1.807) is 44.2 Å². The maximum atomic E-state index is 12.3. The van der Waals surface area contributed by atoms with Crippen molar-refractivity contribution >= 4 is 17.5 Å². The lowest BCUT2D eigenvalue weighted by Crippen LogP contribution is -2.36. The molecule has 0 heterocycles. The highest BCUT2D eigenvalue weighted by molar-refractivity contribution is 6.08. The number of aliphatic hydroxyl groups excluding tert-OH is 1. The fraction of sp³-hybridized carbons (Fsp3) is 0.294. The Morgan fingerprint density at radius 3 is 2.33 bits per heavy atom. The van der Waals surface area contributed by atoms with Gasteiger partial charge in [0.25, 0.3) is 0 Å². The standard InChI is InChI=1S/C17H20O4/c1-5-17(2,3)15(16(20)21-4)14(19)11-13(18)12-9-7-6-8-10-12/h5-11,15,18H,1H2,2-4H3/b13-11+. The van der Waals surface area contributed by atoms with Crippen molar-refractivity contribution in [1.29, 1.82) is 0 Å². The van der Waals surface area contributed by atoms with Crippen LogP contribution < -0.4 is 0 Å². The van der Waals surface area contributed by atoms with Gasteiger partial charge in [-0.15, -0.1) is 6.58 Å². The van der Waals surface area contributed by atoms with Crippen molar-refractivity contribution < 1.29 is 19.4 Å². The number of rotatable bonds is 6. The number of benzene rings is 1. The molecule has 4 nitrogen and oxygen atoms in total. The first-order chi connectivity index (χ1) is 9.83. The minimum absolute atomic E-state index is 0.186. The van der Waals surface area contributed by atoms with Crippen molar-refractivity contribution in [3.05, 3.63) is 54.6 Å². The van der Waals surface area contributed by atoms with Gasteiger partial charge in [-0.1, -0.05) is 50.3 Å². The molecule has 1 N–H and O–H groups in total. The second-order valence-electron chi connectivity index (χ2n) is 5.28. The molecule has 0 spiro atoms. The predicted octanol–water partition coefficient (Wildman–Crippen LogP) is 3.16. The molecule has 0 amide bonds. The summed E-state index contributed by atoms with van der Waals surface area (Å²) in [5.74, 6) is -2.41. The smallest absolute Gasteiger partial charge is 0.317 e. The molecule has 0 aromatic heterocycles. The first kappa shape index (κ1) is 16.7. The molecule has 0 aliphatic carbocycles. The van der Waals surface area contributed by atoms with E-state index in [1.165, 1.54) is 13.2 Å². The Morgan fingerprint density at radius 2 is 1.86 bits per heavy atom. The van der Waals surface area contributed by atoms with Gasteiger partial charge in [0.2, 0.25) is 0 Å². The third-order valence-corrected chi connectivity index (χ3v) is 3.34. The summed E-state index contributed by atoms with van der Waals surface area (Å²) in [6.45, 7) is 7.08. The van der Waals surface area contributed by atoms with Crippen LogP contribution in [0.4, 0.5) is 0 Å². The van der Waals surface area contributed by atoms with Crippen LogP contribution in [0.15, 0.2) is 49.1 Å². The van der Waals surface area contributed by atoms with Crippen molar-refractivity contribution in [2.45, 2.75) is 13.8 Å². The summed E-state index contributed by atoms with van der Waals surface area (Å²) in [4.78, 5) is 24.2. The Labute approximate surface area is 124 Å². The molecule has 0 fully saturated rings. The van der Waals surface area contributed by atoms with Crippen LogP contribution in [0.5, 0.6) is 0 Å². The van der Waals surface area contributed by atoms with E-state index in [4.69, 9.17) is 4.74 Å². The molecular formula is C17H20O4. The zero-order chi connectivity index (χ0) is 16.0. The highest BCUT2D eigenvalue weighted by atomic mass is 16.5. The van der Waals surface area contributed by atoms with Crippen LogP contribution in [0, 0.1) is 11.3 Å². The number of allylic oxidation sites excluding steroid dienone is 2. The van der Waals surface area contributed by atoms with Crippen molar-refractivity contribution in [3.8, 4) is 0 Å². The van der Waals surface area contributed by atoms with Gasteiger partial charge >= 0.3 is 5.97 Å². The average molecular weight is 288 g/mol. The van der Waals surface area contributed by atoms with Crippen molar-refractivity contribution in [3.63, 3.8) is 0 Å². The fourth-order valence-corrected chi connectivity index (χ4v) is 1.93. The van der Waals surface area contributed by atoms with Crippen LogP contribution >= 0.6 is 0 Å². The molecule has 1 aromatic rings. The summed E-state index contributed by atoms with van der Waals surface area (Å²) in [6.07, 6.45) is 2.59. The minimum Gasteiger partial charge on any atom is -0.507 e. The third-order valence-electron chi connectivity index (χ3n) is 3.34. The molecule has 0 saturated heterocycles. The third kappa shape index (κ3) is 4.05. The van der Waals surface area contributed by atoms with Crippen molar-refractivity contribution in [2.24, 2.45) is 11.3 Å². The number of hydrogen-bond donors (Lipinski definition) is 1. The molecule has 0 aliphatic rings. The van der Waals surface area contributed by atoms with Gasteiger partial charge in [0.05, 0.1) is 7.11 Å². The first-order valence-electron chi connectivity index (χ1n) is 6.55. The van der Waals surface area contributed by atoms with Gasteiger partial charge in [-0.25, -0.2) is 0 Å². The second-order valence-corrected chi connectivity index (χ2v) is 5.28. The zero-order valence-corrected chi connectivity index (χ0v) is 12.5. The molecule has 0 radical (unpaired) electrons. The summed E-state index contributed by atoms with van der Waals surface area (Å²) >= 11 is 0. The van der Waals surface area contributed by atoms with Gasteiger partial charge in [0, 0.05) is 17.1 Å². The van der Waals surface area contributed by atoms with Gasteiger partial charge in [-0.3, -0.25) is 9.59 Å². The van der Waals surface area contributed by atoms with E-state index in [2.05, 4.69) is 6.58 Å². The zero-order valence-electron chi connectivity index (χ0n) is 12.5. The summed E-state index contributed by atoms with van der Waals surface area (Å²) in [6, 6.07) is 8.64. The second kappa shape index (κ2) is 6.88. The Bertz CT molecular complexity index is 555. The molecule has 0 bridgehead atoms. The number of aliphatic hydroxyl groups is 1. The van der Waals surface area contributed by atoms with Gasteiger partial charge in [-0.05, 0) is 0 Å². The Balaban J connectivity index is 3.13. The molecule has 1 aromatic carbocycles. The summed E-state index contributed by atoms with van der Waals surface area (Å²) < 4.78 is 4.69. The van der Waals surface area contributed by atoms with Gasteiger partial charge in [0.15, 0.2) is 5.78 Å². The van der Waals surface area contributed by atoms with E-state index in [1.807, 2.05) is 0 Å². The van der Waals surface area contributed by atoms with Crippen LogP contribution in [0.3, 0.4) is 0 Å². The number of ketones is 1. The highest BCUT2D eigenvalue weighted by Gasteiger charge is 2.39. The Morgan fingerprint density at radius 1 is 1.29 bits per heavy atom. The SMILES string of the molecule is C=CC(C)(C)C(C(=O)/C=C(/O)c1ccccc1)C(=O)OC. The molecule has 1 rings (SSSR count). The van der Waals surface area contributed by atoms with E-state index in [0.29, 0.717) is 5.56 Å². The fourth-order valence-electron chi connectivity index (χ4n) is 1.93. The van der Waals surface area contributed by atoms with Crippen LogP contribution in [-0.2, 0) is 14.3 Å². The molecule has 112 valence electrons. The average Bonchev–Trinajstić information content (AvgIpc) is 2.47. The van der Waals surface area contributed by atoms with Gasteiger partial charge in [-0.2, -0.15) is 0 Å². The van der Waals surface area contributed by atoms with Crippen molar-refractivity contribution in [2.75, 3.05) is 7.11 Å². The molecule has 1 atom stereocenters. The Hall–Kier alpha value is -2.36. The molecular weight excluding hydrogens is 268 g/mol. The molecule has 0 aliphatic heterocycles. The Kier molecular flexibility index (Phi) is 5.47. The molecule has 21 heavy (non-hydrogen) atoms. The molecule has 4 heteroatoms. The van der Waals surface area contributed by atoms with E-state index in [9.17, 15) is 14.7 Å². The first-order valence-corrected chi connectivity index (χ1v) is 6.55. The van der Waals surface area contributed by atoms with E-state index >= 15 is 0 Å². The van der Waals surface area contributed by atoms with Crippen LogP contribution in [0.1, 0.15) is 19.4 Å². The molecule has 1 unspecified atom stereocenters. The van der Waals surface area contributed by atoms with Gasteiger partial charge < -0.3 is 9.84 Å². The van der Waals surface area contributed by atoms with E-state index in [-0.39, 0.29) is 5.76 Å². The van der Waals surface area contributed by atoms with Crippen molar-refractivity contribution in [1.82, 2.24) is 0 Å². The van der Waals surface area contributed by atoms with Crippen LogP contribution in [0.2, 0.25) is 0 Å². The summed E-state index contributed by atoms with van der Waals surface area (Å²) in [5.41, 5.74) is -0.275. The van der Waals surface area contributed by atoms with Crippen LogP contribution in [0.25, 0.3) is 5.76 Å². The minimum atomic E-state index is -1.05.